The number of benzene rings is 9. The maximum atomic E-state index is 6.64. The van der Waals surface area contributed by atoms with Crippen LogP contribution in [-0.2, 0) is 5.41 Å². The predicted molar refractivity (Wildman–Crippen MR) is 257 cm³/mol. The lowest BCUT2D eigenvalue weighted by Gasteiger charge is -2.39. The van der Waals surface area contributed by atoms with Gasteiger partial charge in [0.25, 0.3) is 0 Å². The first-order valence-electron chi connectivity index (χ1n) is 20.9. The quantitative estimate of drug-likeness (QED) is 0.173. The molecule has 1 aliphatic carbocycles. The fraction of sp³-hybridized carbons (Fsp3) is 0.0175. The minimum atomic E-state index is -0.550. The number of fused-ring (bicyclic) bond motifs is 11. The zero-order valence-electron chi connectivity index (χ0n) is 33.2. The van der Waals surface area contributed by atoms with Crippen molar-refractivity contribution in [3.8, 4) is 77.1 Å². The van der Waals surface area contributed by atoms with Crippen molar-refractivity contribution in [3.63, 3.8) is 0 Å². The van der Waals surface area contributed by atoms with Gasteiger partial charge < -0.3 is 4.74 Å². The van der Waals surface area contributed by atoms with Gasteiger partial charge in [-0.25, -0.2) is 9.97 Å². The molecule has 3 nitrogen and oxygen atoms in total. The third-order valence-electron chi connectivity index (χ3n) is 12.6. The van der Waals surface area contributed by atoms with E-state index in [1.54, 1.807) is 22.7 Å². The summed E-state index contributed by atoms with van der Waals surface area (Å²) < 4.78 is 8.99. The Balaban J connectivity index is 1.04. The van der Waals surface area contributed by atoms with E-state index in [4.69, 9.17) is 14.7 Å². The van der Waals surface area contributed by atoms with Crippen LogP contribution in [0, 0.1) is 0 Å². The zero-order valence-corrected chi connectivity index (χ0v) is 34.9. The molecule has 2 aliphatic rings. The Morgan fingerprint density at radius 1 is 0.339 bits per heavy atom. The first-order valence-corrected chi connectivity index (χ1v) is 22.5. The Hall–Kier alpha value is -7.44. The van der Waals surface area contributed by atoms with Crippen molar-refractivity contribution in [3.05, 3.63) is 229 Å². The van der Waals surface area contributed by atoms with E-state index in [1.807, 2.05) is 0 Å². The van der Waals surface area contributed by atoms with Crippen LogP contribution in [0.2, 0.25) is 0 Å². The van der Waals surface area contributed by atoms with Crippen molar-refractivity contribution >= 4 is 43.1 Å². The molecule has 62 heavy (non-hydrogen) atoms. The Bertz CT molecular complexity index is 3390. The van der Waals surface area contributed by atoms with E-state index in [9.17, 15) is 0 Å². The van der Waals surface area contributed by atoms with E-state index in [2.05, 4.69) is 206 Å². The lowest BCUT2D eigenvalue weighted by Crippen LogP contribution is -2.32. The second kappa shape index (κ2) is 13.8. The fourth-order valence-electron chi connectivity index (χ4n) is 9.88. The van der Waals surface area contributed by atoms with Gasteiger partial charge in [0.1, 0.15) is 21.5 Å². The topological polar surface area (TPSA) is 35.0 Å². The Morgan fingerprint density at radius 3 is 1.39 bits per heavy atom. The lowest BCUT2D eigenvalue weighted by atomic mass is 9.66. The first-order chi connectivity index (χ1) is 30.7. The van der Waals surface area contributed by atoms with E-state index < -0.39 is 5.41 Å². The van der Waals surface area contributed by atoms with Gasteiger partial charge in [-0.05, 0) is 110 Å². The van der Waals surface area contributed by atoms with Crippen molar-refractivity contribution in [2.24, 2.45) is 0 Å². The standard InChI is InChI=1S/C57H34N2OS2/c1-3-14-35(15-4-1)55-58-48-33-37(26-28-52(48)61-55)39-30-40(38-27-29-53-49(34-38)59-56(62-53)36-16-5-2-6-17-36)32-41(31-39)42-19-13-23-47-54(42)43-18-7-8-20-44(43)57(47)45-21-9-11-24-50(45)60-51-25-12-10-22-46(51)57/h1-34H. The molecule has 2 aromatic heterocycles. The molecular formula is C57H34N2OS2. The van der Waals surface area contributed by atoms with Crippen molar-refractivity contribution in [2.75, 3.05) is 0 Å². The van der Waals surface area contributed by atoms with Gasteiger partial charge in [-0.15, -0.1) is 22.7 Å². The van der Waals surface area contributed by atoms with E-state index in [-0.39, 0.29) is 0 Å². The number of thiazole rings is 2. The van der Waals surface area contributed by atoms with E-state index >= 15 is 0 Å². The first kappa shape index (κ1) is 35.3. The molecule has 1 spiro atoms. The lowest BCUT2D eigenvalue weighted by molar-refractivity contribution is 0.436. The molecular weight excluding hydrogens is 793 g/mol. The maximum absolute atomic E-state index is 6.64. The van der Waals surface area contributed by atoms with Gasteiger partial charge in [0, 0.05) is 22.3 Å². The second-order valence-corrected chi connectivity index (χ2v) is 18.1. The van der Waals surface area contributed by atoms with E-state index in [0.717, 1.165) is 82.6 Å². The number of para-hydroxylation sites is 2. The van der Waals surface area contributed by atoms with Gasteiger partial charge in [0.2, 0.25) is 0 Å². The SMILES string of the molecule is c1ccc(-c2nc3cc(-c4cc(-c5ccc6sc(-c7ccccc7)nc6c5)cc(-c5cccc6c5-c5ccccc5C65c6ccccc6Oc6ccccc65)c4)ccc3s2)cc1. The van der Waals surface area contributed by atoms with Crippen LogP contribution in [0.25, 0.3) is 86.1 Å². The Kier molecular flexibility index (Phi) is 7.86. The third kappa shape index (κ3) is 5.35. The zero-order chi connectivity index (χ0) is 40.8. The molecule has 0 fully saturated rings. The molecule has 0 N–H and O–H groups in total. The van der Waals surface area contributed by atoms with Crippen LogP contribution in [0.3, 0.4) is 0 Å². The second-order valence-electron chi connectivity index (χ2n) is 16.1. The highest BCUT2D eigenvalue weighted by Crippen LogP contribution is 2.63. The Morgan fingerprint density at radius 2 is 0.806 bits per heavy atom. The highest BCUT2D eigenvalue weighted by Gasteiger charge is 2.51. The van der Waals surface area contributed by atoms with Crippen LogP contribution < -0.4 is 4.74 Å². The molecule has 9 aromatic carbocycles. The number of aromatic nitrogens is 2. The average Bonchev–Trinajstić information content (AvgIpc) is 4.05. The van der Waals surface area contributed by atoms with Crippen molar-refractivity contribution in [1.82, 2.24) is 9.97 Å². The predicted octanol–water partition coefficient (Wildman–Crippen LogP) is 15.7. The smallest absolute Gasteiger partial charge is 0.132 e. The highest BCUT2D eigenvalue weighted by molar-refractivity contribution is 7.22. The summed E-state index contributed by atoms with van der Waals surface area (Å²) in [5.74, 6) is 1.79. The van der Waals surface area contributed by atoms with Crippen LogP contribution in [0.15, 0.2) is 206 Å². The molecule has 0 saturated heterocycles. The van der Waals surface area contributed by atoms with Crippen molar-refractivity contribution < 1.29 is 4.74 Å². The van der Waals surface area contributed by atoms with Gasteiger partial charge in [-0.2, -0.15) is 0 Å². The number of hydrogen-bond donors (Lipinski definition) is 0. The molecule has 5 heteroatoms. The van der Waals surface area contributed by atoms with Gasteiger partial charge in [-0.1, -0.05) is 152 Å². The molecule has 0 saturated carbocycles. The minimum Gasteiger partial charge on any atom is -0.457 e. The number of rotatable bonds is 5. The molecule has 3 heterocycles. The summed E-state index contributed by atoms with van der Waals surface area (Å²) in [6.45, 7) is 0. The summed E-state index contributed by atoms with van der Waals surface area (Å²) in [7, 11) is 0. The minimum absolute atomic E-state index is 0.550. The molecule has 0 atom stereocenters. The molecule has 0 amide bonds. The monoisotopic (exact) mass is 826 g/mol. The fourth-order valence-corrected chi connectivity index (χ4v) is 11.8. The molecule has 0 unspecified atom stereocenters. The van der Waals surface area contributed by atoms with Gasteiger partial charge >= 0.3 is 0 Å². The molecule has 0 radical (unpaired) electrons. The summed E-state index contributed by atoms with van der Waals surface area (Å²) in [5.41, 5.74) is 18.0. The van der Waals surface area contributed by atoms with Gasteiger partial charge in [0.15, 0.2) is 0 Å². The number of hydrogen-bond acceptors (Lipinski definition) is 5. The summed E-state index contributed by atoms with van der Waals surface area (Å²) in [6.07, 6.45) is 0. The van der Waals surface area contributed by atoms with Crippen LogP contribution in [0.4, 0.5) is 0 Å². The number of ether oxygens (including phenoxy) is 1. The summed E-state index contributed by atoms with van der Waals surface area (Å²) in [6, 6.07) is 74.5. The van der Waals surface area contributed by atoms with E-state index in [1.165, 1.54) is 37.2 Å². The Labute approximate surface area is 366 Å². The molecule has 13 rings (SSSR count). The van der Waals surface area contributed by atoms with E-state index in [0.29, 0.717) is 0 Å². The summed E-state index contributed by atoms with van der Waals surface area (Å²) in [5, 5.41) is 2.06. The third-order valence-corrected chi connectivity index (χ3v) is 14.8. The van der Waals surface area contributed by atoms with Gasteiger partial charge in [-0.3, -0.25) is 0 Å². The largest absolute Gasteiger partial charge is 0.457 e. The van der Waals surface area contributed by atoms with Crippen molar-refractivity contribution in [1.29, 1.82) is 0 Å². The van der Waals surface area contributed by atoms with Crippen LogP contribution in [0.5, 0.6) is 11.5 Å². The normalized spacial score (nSPS) is 13.1. The summed E-state index contributed by atoms with van der Waals surface area (Å²) >= 11 is 3.48. The van der Waals surface area contributed by atoms with Gasteiger partial charge in [0.05, 0.1) is 25.8 Å². The maximum Gasteiger partial charge on any atom is 0.132 e. The van der Waals surface area contributed by atoms with Crippen molar-refractivity contribution in [2.45, 2.75) is 5.41 Å². The number of nitrogens with zero attached hydrogens (tertiary/aromatic N) is 2. The molecule has 0 bridgehead atoms. The van der Waals surface area contributed by atoms with Crippen LogP contribution in [0.1, 0.15) is 22.3 Å². The summed E-state index contributed by atoms with van der Waals surface area (Å²) in [4.78, 5) is 10.3. The molecule has 1 aliphatic heterocycles. The average molecular weight is 827 g/mol. The highest BCUT2D eigenvalue weighted by atomic mass is 32.1. The van der Waals surface area contributed by atoms with Crippen LogP contribution >= 0.6 is 22.7 Å². The van der Waals surface area contributed by atoms with Crippen LogP contribution in [-0.4, -0.2) is 9.97 Å². The molecule has 11 aromatic rings. The molecule has 290 valence electrons.